The van der Waals surface area contributed by atoms with Crippen LogP contribution in [0.1, 0.15) is 36.1 Å². The van der Waals surface area contributed by atoms with Crippen molar-refractivity contribution in [2.24, 2.45) is 0 Å². The SMILES string of the molecule is CC(C)Oc1ccc(S(=O)(=O)N(C)C)cc1[CH]=[Ru]([Cl])[Cl].Cc1cc(C)c([SiH2])c(C)c1. The van der Waals surface area contributed by atoms with Crippen molar-refractivity contribution in [2.45, 2.75) is 45.6 Å². The monoisotopic (exact) mass is 576 g/mol. The zero-order chi connectivity index (χ0) is 23.2. The van der Waals surface area contributed by atoms with E-state index in [1.165, 1.54) is 42.0 Å². The van der Waals surface area contributed by atoms with Gasteiger partial charge in [-0.3, -0.25) is 0 Å². The molecule has 0 amide bonds. The number of rotatable bonds is 5. The van der Waals surface area contributed by atoms with Crippen molar-refractivity contribution < 1.29 is 26.7 Å². The Morgan fingerprint density at radius 2 is 1.60 bits per heavy atom. The van der Waals surface area contributed by atoms with Crippen LogP contribution in [0.3, 0.4) is 0 Å². The minimum atomic E-state index is -3.49. The van der Waals surface area contributed by atoms with Crippen LogP contribution < -0.4 is 9.92 Å². The normalized spacial score (nSPS) is 11.8. The predicted octanol–water partition coefficient (Wildman–Crippen LogP) is 3.67. The van der Waals surface area contributed by atoms with Crippen molar-refractivity contribution in [3.8, 4) is 5.75 Å². The molecule has 0 bridgehead atoms. The molecule has 0 aliphatic carbocycles. The number of benzene rings is 2. The fourth-order valence-corrected chi connectivity index (χ4v) is 5.56. The Bertz CT molecular complexity index is 998. The van der Waals surface area contributed by atoms with Gasteiger partial charge >= 0.3 is 133 Å². The van der Waals surface area contributed by atoms with Gasteiger partial charge in [0.2, 0.25) is 0 Å². The van der Waals surface area contributed by atoms with E-state index in [0.29, 0.717) is 11.3 Å². The molecule has 169 valence electrons. The fourth-order valence-electron chi connectivity index (χ4n) is 2.63. The number of hydrogen-bond donors (Lipinski definition) is 0. The first-order valence-corrected chi connectivity index (χ1v) is 16.8. The first-order valence-electron chi connectivity index (χ1n) is 9.22. The summed E-state index contributed by atoms with van der Waals surface area (Å²) in [6.45, 7) is 10.3. The summed E-state index contributed by atoms with van der Waals surface area (Å²) < 4.78 is 32.7. The number of hydrogen-bond acceptors (Lipinski definition) is 3. The van der Waals surface area contributed by atoms with Gasteiger partial charge in [0.05, 0.1) is 0 Å². The van der Waals surface area contributed by atoms with Crippen LogP contribution in [0.15, 0.2) is 35.2 Å². The van der Waals surface area contributed by atoms with Gasteiger partial charge in [0, 0.05) is 10.2 Å². The van der Waals surface area contributed by atoms with E-state index in [1.54, 1.807) is 16.7 Å². The Balaban J connectivity index is 0.000000375. The molecule has 4 nitrogen and oxygen atoms in total. The summed E-state index contributed by atoms with van der Waals surface area (Å²) in [7, 11) is 13.2. The van der Waals surface area contributed by atoms with Gasteiger partial charge in [0.15, 0.2) is 0 Å². The molecular weight excluding hydrogens is 546 g/mol. The second kappa shape index (κ2) is 11.9. The maximum atomic E-state index is 12.1. The Hall–Kier alpha value is -0.560. The van der Waals surface area contributed by atoms with Crippen molar-refractivity contribution in [2.75, 3.05) is 14.1 Å². The number of ether oxygens (including phenoxy) is 1. The molecule has 0 aliphatic rings. The first kappa shape index (κ1) is 27.5. The average molecular weight is 577 g/mol. The summed E-state index contributed by atoms with van der Waals surface area (Å²) in [6.07, 6.45) is -0.0234. The van der Waals surface area contributed by atoms with Crippen molar-refractivity contribution in [1.29, 1.82) is 0 Å². The molecule has 2 aromatic rings. The maximum absolute atomic E-state index is 12.1. The topological polar surface area (TPSA) is 46.6 Å². The minimum absolute atomic E-state index is 0.0234. The number of nitrogens with zero attached hydrogens (tertiary/aromatic N) is 1. The van der Waals surface area contributed by atoms with E-state index in [4.69, 9.17) is 24.1 Å². The van der Waals surface area contributed by atoms with E-state index >= 15 is 0 Å². The molecule has 1 radical (unpaired) electrons. The van der Waals surface area contributed by atoms with Crippen molar-refractivity contribution in [3.63, 3.8) is 0 Å². The van der Waals surface area contributed by atoms with Crippen molar-refractivity contribution in [1.82, 2.24) is 4.31 Å². The largest absolute Gasteiger partial charge is 0.0640 e. The summed E-state index contributed by atoms with van der Waals surface area (Å²) in [5.41, 5.74) is 4.81. The van der Waals surface area contributed by atoms with E-state index in [0.717, 1.165) is 4.31 Å². The Kier molecular flexibility index (Phi) is 10.9. The zero-order valence-corrected chi connectivity index (χ0v) is 23.9. The summed E-state index contributed by atoms with van der Waals surface area (Å²) in [5, 5.41) is 1.45. The minimum Gasteiger partial charge on any atom is -0.0640 e. The van der Waals surface area contributed by atoms with Crippen LogP contribution in [0.5, 0.6) is 5.75 Å². The second-order valence-electron chi connectivity index (χ2n) is 7.34. The molecule has 0 fully saturated rings. The quantitative estimate of drug-likeness (QED) is 0.511. The van der Waals surface area contributed by atoms with Crippen molar-refractivity contribution in [3.05, 3.63) is 52.6 Å². The number of halogens is 2. The van der Waals surface area contributed by atoms with E-state index in [-0.39, 0.29) is 11.0 Å². The molecule has 0 saturated heterocycles. The summed E-state index contributed by atoms with van der Waals surface area (Å²) in [5.74, 6) is 0.581. The molecule has 2 aromatic carbocycles. The van der Waals surface area contributed by atoms with Crippen LogP contribution in [0, 0.1) is 20.8 Å². The molecule has 30 heavy (non-hydrogen) atoms. The summed E-state index contributed by atoms with van der Waals surface area (Å²) >= 11 is -2.08. The molecule has 0 heterocycles. The third-order valence-corrected chi connectivity index (χ3v) is 8.91. The smallest absolute Gasteiger partial charge is 0.0484 e. The van der Waals surface area contributed by atoms with Gasteiger partial charge in [-0.15, -0.1) is 0 Å². The van der Waals surface area contributed by atoms with E-state index in [2.05, 4.69) is 32.9 Å². The Morgan fingerprint density at radius 3 is 2.03 bits per heavy atom. The molecule has 0 aromatic heterocycles. The van der Waals surface area contributed by atoms with Crippen LogP contribution in [0.25, 0.3) is 0 Å². The maximum Gasteiger partial charge on any atom is 0.0484 e. The Labute approximate surface area is 197 Å². The van der Waals surface area contributed by atoms with Gasteiger partial charge in [-0.1, -0.05) is 34.0 Å². The first-order chi connectivity index (χ1) is 13.7. The second-order valence-corrected chi connectivity index (χ2v) is 15.9. The fraction of sp³-hybridized carbons (Fsp3) is 0.381. The molecule has 0 N–H and O–H groups in total. The molecule has 2 rings (SSSR count). The van der Waals surface area contributed by atoms with Gasteiger partial charge in [0.1, 0.15) is 0 Å². The van der Waals surface area contributed by atoms with Crippen LogP contribution >= 0.6 is 19.4 Å². The third-order valence-electron chi connectivity index (χ3n) is 4.15. The van der Waals surface area contributed by atoms with Crippen LogP contribution in [-0.2, 0) is 23.5 Å². The van der Waals surface area contributed by atoms with Gasteiger partial charge in [-0.05, 0) is 20.8 Å². The molecule has 0 spiro atoms. The number of aryl methyl sites for hydroxylation is 3. The average Bonchev–Trinajstić information content (AvgIpc) is 2.60. The van der Waals surface area contributed by atoms with Gasteiger partial charge in [0.25, 0.3) is 0 Å². The van der Waals surface area contributed by atoms with E-state index in [9.17, 15) is 8.42 Å². The zero-order valence-electron chi connectivity index (χ0n) is 18.4. The van der Waals surface area contributed by atoms with Crippen molar-refractivity contribution >= 4 is 49.4 Å². The molecule has 9 heteroatoms. The van der Waals surface area contributed by atoms with E-state index < -0.39 is 23.5 Å². The molecular formula is C21H30Cl2NO3RuSSi. The molecule has 0 aliphatic heterocycles. The summed E-state index contributed by atoms with van der Waals surface area (Å²) in [4.78, 5) is 0.189. The van der Waals surface area contributed by atoms with E-state index in [1.807, 2.05) is 24.1 Å². The predicted molar refractivity (Wildman–Crippen MR) is 129 cm³/mol. The standard InChI is InChI=1S/C12H17NO3S.C9H13Si.2ClH.Ru/c1-9(2)16-12-7-6-11(8-10(12)3)17(14,15)13(4)5;1-6-4-7(2)9(10)8(3)5-6;;;/h3,6-9H,1-2,4-5H3;4-5H,10H2,1-3H3;2*1H;/q;;;;+2/p-2. The molecule has 0 unspecified atom stereocenters. The van der Waals surface area contributed by atoms with Crippen LogP contribution in [0.4, 0.5) is 0 Å². The van der Waals surface area contributed by atoms with Crippen LogP contribution in [0.2, 0.25) is 0 Å². The molecule has 0 saturated carbocycles. The molecule has 0 atom stereocenters. The third kappa shape index (κ3) is 8.18. The van der Waals surface area contributed by atoms with Crippen LogP contribution in [-0.4, -0.2) is 47.8 Å². The van der Waals surface area contributed by atoms with Gasteiger partial charge in [-0.2, -0.15) is 0 Å². The summed E-state index contributed by atoms with van der Waals surface area (Å²) in [6, 6.07) is 9.15. The Morgan fingerprint density at radius 1 is 1.07 bits per heavy atom. The van der Waals surface area contributed by atoms with Gasteiger partial charge in [-0.25, -0.2) is 0 Å². The number of sulfonamides is 1. The van der Waals surface area contributed by atoms with Gasteiger partial charge < -0.3 is 0 Å².